The van der Waals surface area contributed by atoms with Gasteiger partial charge in [-0.1, -0.05) is 0 Å². The lowest BCUT2D eigenvalue weighted by molar-refractivity contribution is -0.384. The van der Waals surface area contributed by atoms with E-state index in [0.717, 1.165) is 0 Å². The van der Waals surface area contributed by atoms with Gasteiger partial charge >= 0.3 is 0 Å². The van der Waals surface area contributed by atoms with Crippen molar-refractivity contribution in [2.24, 2.45) is 0 Å². The van der Waals surface area contributed by atoms with Crippen LogP contribution in [0.2, 0.25) is 0 Å². The van der Waals surface area contributed by atoms with Crippen molar-refractivity contribution >= 4 is 34.4 Å². The highest BCUT2D eigenvalue weighted by molar-refractivity contribution is 7.13. The van der Waals surface area contributed by atoms with E-state index >= 15 is 0 Å². The van der Waals surface area contributed by atoms with E-state index < -0.39 is 4.92 Å². The van der Waals surface area contributed by atoms with Crippen LogP contribution in [0.1, 0.15) is 26.5 Å². The number of non-ortho nitro benzene ring substituents is 1. The van der Waals surface area contributed by atoms with Gasteiger partial charge in [0.25, 0.3) is 11.6 Å². The van der Waals surface area contributed by atoms with Crippen molar-refractivity contribution in [3.05, 3.63) is 68.0 Å². The maximum atomic E-state index is 12.9. The van der Waals surface area contributed by atoms with Crippen LogP contribution in [0, 0.1) is 10.1 Å². The summed E-state index contributed by atoms with van der Waals surface area (Å²) in [5.41, 5.74) is 1.52. The van der Waals surface area contributed by atoms with Crippen LogP contribution >= 0.6 is 11.3 Å². The molecule has 0 fully saturated rings. The minimum absolute atomic E-state index is 0.0669. The number of rotatable bonds is 3. The van der Waals surface area contributed by atoms with Crippen LogP contribution in [0.25, 0.3) is 0 Å². The number of carbonyl (C=O) groups is 2. The molecule has 0 unspecified atom stereocenters. The largest absolute Gasteiger partial charge is 0.383 e. The van der Waals surface area contributed by atoms with Crippen LogP contribution in [0.5, 0.6) is 0 Å². The first kappa shape index (κ1) is 17.8. The number of benzene rings is 1. The van der Waals surface area contributed by atoms with Crippen LogP contribution in [-0.2, 0) is 0 Å². The number of amides is 1. The van der Waals surface area contributed by atoms with Gasteiger partial charge in [-0.3, -0.25) is 19.7 Å². The lowest BCUT2D eigenvalue weighted by Gasteiger charge is -2.20. The summed E-state index contributed by atoms with van der Waals surface area (Å²) in [6, 6.07) is 7.26. The number of nitrogens with zero attached hydrogens (tertiary/aromatic N) is 3. The summed E-state index contributed by atoms with van der Waals surface area (Å²) in [6.07, 6.45) is 2.23. The molecule has 26 heavy (non-hydrogen) atoms. The Balaban J connectivity index is 1.96. The predicted molar refractivity (Wildman–Crippen MR) is 99.8 cm³/mol. The molecule has 1 aliphatic rings. The van der Waals surface area contributed by atoms with Gasteiger partial charge in [0, 0.05) is 50.1 Å². The fourth-order valence-corrected chi connectivity index (χ4v) is 3.69. The van der Waals surface area contributed by atoms with Crippen LogP contribution in [0.15, 0.2) is 47.5 Å². The number of Topliss-reactive ketones (excluding diaryl/α,β-unsaturated/α-hetero) is 1. The first-order valence-corrected chi connectivity index (χ1v) is 8.82. The van der Waals surface area contributed by atoms with E-state index in [4.69, 9.17) is 0 Å². The number of anilines is 1. The molecular formula is C18H17N3O4S. The van der Waals surface area contributed by atoms with E-state index in [0.29, 0.717) is 34.7 Å². The lowest BCUT2D eigenvalue weighted by atomic mass is 10.1. The molecule has 3 rings (SSSR count). The molecule has 0 radical (unpaired) electrons. The standard InChI is InChI=1S/C18H17N3O4S/c1-19(2)11-13-7-9-20(15-8-10-26-17(15)16(13)22)18(23)12-3-5-14(6-4-12)21(24)25/h3-6,8,10-11H,7,9H2,1-2H3/b13-11-. The smallest absolute Gasteiger partial charge is 0.269 e. The van der Waals surface area contributed by atoms with Crippen LogP contribution in [0.4, 0.5) is 11.4 Å². The zero-order chi connectivity index (χ0) is 18.8. The Hall–Kier alpha value is -3.00. The number of thiophene rings is 1. The summed E-state index contributed by atoms with van der Waals surface area (Å²) < 4.78 is 0. The minimum Gasteiger partial charge on any atom is -0.383 e. The van der Waals surface area contributed by atoms with Gasteiger partial charge < -0.3 is 9.80 Å². The molecule has 134 valence electrons. The van der Waals surface area contributed by atoms with E-state index in [1.165, 1.54) is 35.6 Å². The van der Waals surface area contributed by atoms with Gasteiger partial charge in [-0.25, -0.2) is 0 Å². The van der Waals surface area contributed by atoms with Crippen LogP contribution < -0.4 is 4.90 Å². The average Bonchev–Trinajstić information content (AvgIpc) is 3.05. The third-order valence-electron chi connectivity index (χ3n) is 4.02. The number of carbonyl (C=O) groups excluding carboxylic acids is 2. The van der Waals surface area contributed by atoms with E-state index in [1.807, 2.05) is 19.0 Å². The Labute approximate surface area is 154 Å². The monoisotopic (exact) mass is 371 g/mol. The van der Waals surface area contributed by atoms with Gasteiger partial charge in [-0.2, -0.15) is 0 Å². The number of nitro groups is 1. The number of hydrogen-bond acceptors (Lipinski definition) is 6. The Morgan fingerprint density at radius 2 is 1.96 bits per heavy atom. The van der Waals surface area contributed by atoms with E-state index in [2.05, 4.69) is 0 Å². The second-order valence-corrected chi connectivity index (χ2v) is 7.01. The Morgan fingerprint density at radius 3 is 2.58 bits per heavy atom. The predicted octanol–water partition coefficient (Wildman–Crippen LogP) is 3.34. The second kappa shape index (κ2) is 7.09. The summed E-state index contributed by atoms with van der Waals surface area (Å²) in [5, 5.41) is 12.6. The summed E-state index contributed by atoms with van der Waals surface area (Å²) in [7, 11) is 3.70. The molecule has 0 saturated heterocycles. The molecule has 0 bridgehead atoms. The van der Waals surface area contributed by atoms with E-state index in [9.17, 15) is 19.7 Å². The van der Waals surface area contributed by atoms with Gasteiger partial charge in [0.15, 0.2) is 0 Å². The van der Waals surface area contributed by atoms with Crippen molar-refractivity contribution in [3.8, 4) is 0 Å². The van der Waals surface area contributed by atoms with Crippen molar-refractivity contribution in [2.45, 2.75) is 6.42 Å². The highest BCUT2D eigenvalue weighted by Crippen LogP contribution is 2.34. The normalized spacial score (nSPS) is 15.5. The molecule has 7 nitrogen and oxygen atoms in total. The molecule has 1 amide bonds. The minimum atomic E-state index is -0.506. The SMILES string of the molecule is CN(C)/C=C1/CCN(C(=O)c2ccc([N+](=O)[O-])cc2)c2ccsc2C1=O. The summed E-state index contributed by atoms with van der Waals surface area (Å²) in [4.78, 5) is 39.9. The Bertz CT molecular complexity index is 899. The van der Waals surface area contributed by atoms with Gasteiger partial charge in [0.1, 0.15) is 0 Å². The van der Waals surface area contributed by atoms with Crippen molar-refractivity contribution in [1.29, 1.82) is 0 Å². The first-order valence-electron chi connectivity index (χ1n) is 7.94. The van der Waals surface area contributed by atoms with Gasteiger partial charge in [0.05, 0.1) is 15.5 Å². The van der Waals surface area contributed by atoms with E-state index in [1.54, 1.807) is 22.5 Å². The van der Waals surface area contributed by atoms with Crippen molar-refractivity contribution in [2.75, 3.05) is 25.5 Å². The molecule has 0 saturated carbocycles. The molecule has 1 aliphatic heterocycles. The highest BCUT2D eigenvalue weighted by atomic mass is 32.1. The maximum absolute atomic E-state index is 12.9. The number of nitro benzene ring substituents is 1. The maximum Gasteiger partial charge on any atom is 0.269 e. The second-order valence-electron chi connectivity index (χ2n) is 6.09. The summed E-state index contributed by atoms with van der Waals surface area (Å²) >= 11 is 1.31. The fourth-order valence-electron chi connectivity index (χ4n) is 2.82. The average molecular weight is 371 g/mol. The van der Waals surface area contributed by atoms with Crippen molar-refractivity contribution in [3.63, 3.8) is 0 Å². The van der Waals surface area contributed by atoms with Gasteiger partial charge in [-0.05, 0) is 30.0 Å². The zero-order valence-corrected chi connectivity index (χ0v) is 15.2. The zero-order valence-electron chi connectivity index (χ0n) is 14.3. The number of ketones is 1. The van der Waals surface area contributed by atoms with E-state index in [-0.39, 0.29) is 17.4 Å². The quantitative estimate of drug-likeness (QED) is 0.469. The molecule has 8 heteroatoms. The van der Waals surface area contributed by atoms with Crippen molar-refractivity contribution in [1.82, 2.24) is 4.90 Å². The van der Waals surface area contributed by atoms with Crippen molar-refractivity contribution < 1.29 is 14.5 Å². The molecule has 2 aromatic rings. The molecule has 0 aliphatic carbocycles. The van der Waals surface area contributed by atoms with Crippen LogP contribution in [-0.4, -0.2) is 42.2 Å². The molecule has 1 aromatic heterocycles. The molecule has 0 spiro atoms. The molecule has 0 N–H and O–H groups in total. The summed E-state index contributed by atoms with van der Waals surface area (Å²) in [6.45, 7) is 0.366. The third kappa shape index (κ3) is 3.36. The molecule has 1 aromatic carbocycles. The molecule has 2 heterocycles. The topological polar surface area (TPSA) is 83.8 Å². The third-order valence-corrected chi connectivity index (χ3v) is 4.92. The fraction of sp³-hybridized carbons (Fsp3) is 0.222. The highest BCUT2D eigenvalue weighted by Gasteiger charge is 2.30. The molecular weight excluding hydrogens is 354 g/mol. The van der Waals surface area contributed by atoms with Crippen LogP contribution in [0.3, 0.4) is 0 Å². The summed E-state index contributed by atoms with van der Waals surface area (Å²) in [5.74, 6) is -0.346. The first-order chi connectivity index (χ1) is 12.4. The Morgan fingerprint density at radius 1 is 1.27 bits per heavy atom. The molecule has 0 atom stereocenters. The number of hydrogen-bond donors (Lipinski definition) is 0. The lowest BCUT2D eigenvalue weighted by Crippen LogP contribution is -2.31. The van der Waals surface area contributed by atoms with Gasteiger partial charge in [-0.15, -0.1) is 11.3 Å². The Kier molecular flexibility index (Phi) is 4.85. The number of fused-ring (bicyclic) bond motifs is 1. The van der Waals surface area contributed by atoms with Gasteiger partial charge in [0.2, 0.25) is 5.78 Å².